The molecule has 2 rings (SSSR count). The molecule has 1 unspecified atom stereocenters. The predicted molar refractivity (Wildman–Crippen MR) is 76.6 cm³/mol. The molecule has 2 aromatic rings. The average Bonchev–Trinajstić information content (AvgIpc) is 2.82. The van der Waals surface area contributed by atoms with Gasteiger partial charge in [-0.25, -0.2) is 4.98 Å². The van der Waals surface area contributed by atoms with E-state index in [9.17, 15) is 0 Å². The lowest BCUT2D eigenvalue weighted by molar-refractivity contribution is 0.299. The van der Waals surface area contributed by atoms with E-state index in [1.54, 1.807) is 11.3 Å². The Bertz CT molecular complexity index is 441. The average molecular weight is 261 g/mol. The Morgan fingerprint density at radius 1 is 1.33 bits per heavy atom. The van der Waals surface area contributed by atoms with E-state index in [-0.39, 0.29) is 6.04 Å². The molecule has 1 aromatic carbocycles. The number of hydrogen-bond donors (Lipinski definition) is 1. The smallest absolute Gasteiger partial charge is 0.0795 e. The number of hydrogen-bond acceptors (Lipinski definition) is 4. The minimum Gasteiger partial charge on any atom is -0.326 e. The number of aromatic nitrogens is 1. The zero-order chi connectivity index (χ0) is 12.8. The summed E-state index contributed by atoms with van der Waals surface area (Å²) in [5.74, 6) is 0. The summed E-state index contributed by atoms with van der Waals surface area (Å²) in [6, 6.07) is 10.6. The first kappa shape index (κ1) is 13.2. The van der Waals surface area contributed by atoms with Crippen molar-refractivity contribution in [1.82, 2.24) is 9.88 Å². The lowest BCUT2D eigenvalue weighted by Gasteiger charge is -2.20. The van der Waals surface area contributed by atoms with Gasteiger partial charge in [-0.2, -0.15) is 0 Å². The minimum absolute atomic E-state index is 0.163. The van der Waals surface area contributed by atoms with Gasteiger partial charge in [0.25, 0.3) is 0 Å². The molecule has 2 N–H and O–H groups in total. The highest BCUT2D eigenvalue weighted by atomic mass is 32.1. The Labute approximate surface area is 112 Å². The molecule has 3 nitrogen and oxygen atoms in total. The van der Waals surface area contributed by atoms with Crippen molar-refractivity contribution < 1.29 is 0 Å². The maximum atomic E-state index is 6.18. The van der Waals surface area contributed by atoms with Crippen LogP contribution in [0.25, 0.3) is 0 Å². The number of rotatable bonds is 6. The molecule has 18 heavy (non-hydrogen) atoms. The fourth-order valence-electron chi connectivity index (χ4n) is 2.04. The third-order valence-electron chi connectivity index (χ3n) is 2.80. The number of thiazole rings is 1. The van der Waals surface area contributed by atoms with Crippen LogP contribution >= 0.6 is 11.3 Å². The molecule has 0 bridgehead atoms. The van der Waals surface area contributed by atoms with Gasteiger partial charge in [-0.05, 0) is 19.0 Å². The quantitative estimate of drug-likeness (QED) is 0.866. The van der Waals surface area contributed by atoms with Crippen molar-refractivity contribution in [2.75, 3.05) is 13.6 Å². The largest absolute Gasteiger partial charge is 0.326 e. The molecule has 4 heteroatoms. The summed E-state index contributed by atoms with van der Waals surface area (Å²) >= 11 is 1.63. The van der Waals surface area contributed by atoms with Crippen LogP contribution in [-0.2, 0) is 13.0 Å². The standard InChI is InChI=1S/C14H19N3S/c1-17(9-14-10-18-11-16-14)8-13(15)7-12-5-3-2-4-6-12/h2-6,10-11,13H,7-9,15H2,1H3. The van der Waals surface area contributed by atoms with Gasteiger partial charge in [0.15, 0.2) is 0 Å². The molecule has 1 atom stereocenters. The molecule has 0 aliphatic rings. The molecule has 0 fully saturated rings. The normalized spacial score (nSPS) is 12.8. The monoisotopic (exact) mass is 261 g/mol. The van der Waals surface area contributed by atoms with Crippen molar-refractivity contribution in [2.45, 2.75) is 19.0 Å². The fraction of sp³-hybridized carbons (Fsp3) is 0.357. The van der Waals surface area contributed by atoms with Crippen molar-refractivity contribution in [1.29, 1.82) is 0 Å². The van der Waals surface area contributed by atoms with Gasteiger partial charge < -0.3 is 5.73 Å². The first-order valence-electron chi connectivity index (χ1n) is 6.09. The lowest BCUT2D eigenvalue weighted by atomic mass is 10.1. The van der Waals surface area contributed by atoms with E-state index < -0.39 is 0 Å². The molecular formula is C14H19N3S. The predicted octanol–water partition coefficient (Wildman–Crippen LogP) is 2.14. The Hall–Kier alpha value is -1.23. The van der Waals surface area contributed by atoms with Crippen molar-refractivity contribution in [3.05, 3.63) is 52.5 Å². The van der Waals surface area contributed by atoms with Crippen LogP contribution in [0.2, 0.25) is 0 Å². The van der Waals surface area contributed by atoms with Gasteiger partial charge in [0.1, 0.15) is 0 Å². The number of likely N-dealkylation sites (N-methyl/N-ethyl adjacent to an activating group) is 1. The second-order valence-corrected chi connectivity index (χ2v) is 5.35. The molecule has 0 saturated heterocycles. The molecule has 1 heterocycles. The summed E-state index contributed by atoms with van der Waals surface area (Å²) in [5.41, 5.74) is 10.5. The van der Waals surface area contributed by atoms with Crippen LogP contribution in [0.15, 0.2) is 41.2 Å². The van der Waals surface area contributed by atoms with Crippen molar-refractivity contribution >= 4 is 11.3 Å². The van der Waals surface area contributed by atoms with Gasteiger partial charge >= 0.3 is 0 Å². The van der Waals surface area contributed by atoms with E-state index in [1.165, 1.54) is 5.56 Å². The molecule has 0 radical (unpaired) electrons. The molecule has 0 spiro atoms. The third-order valence-corrected chi connectivity index (χ3v) is 3.44. The van der Waals surface area contributed by atoms with Gasteiger partial charge in [-0.15, -0.1) is 11.3 Å². The van der Waals surface area contributed by atoms with Crippen LogP contribution in [0.3, 0.4) is 0 Å². The molecule has 1 aromatic heterocycles. The summed E-state index contributed by atoms with van der Waals surface area (Å²) in [4.78, 5) is 6.51. The van der Waals surface area contributed by atoms with Gasteiger partial charge in [0.05, 0.1) is 11.2 Å². The van der Waals surface area contributed by atoms with Crippen molar-refractivity contribution in [3.8, 4) is 0 Å². The Morgan fingerprint density at radius 2 is 2.11 bits per heavy atom. The van der Waals surface area contributed by atoms with E-state index >= 15 is 0 Å². The van der Waals surface area contributed by atoms with Crippen LogP contribution in [0.4, 0.5) is 0 Å². The van der Waals surface area contributed by atoms with Crippen LogP contribution in [0, 0.1) is 0 Å². The van der Waals surface area contributed by atoms with Gasteiger partial charge in [-0.3, -0.25) is 4.90 Å². The second kappa shape index (κ2) is 6.64. The van der Waals surface area contributed by atoms with Gasteiger partial charge in [-0.1, -0.05) is 30.3 Å². The van der Waals surface area contributed by atoms with E-state index in [4.69, 9.17) is 5.73 Å². The van der Waals surface area contributed by atoms with E-state index in [2.05, 4.69) is 46.6 Å². The van der Waals surface area contributed by atoms with Crippen LogP contribution in [-0.4, -0.2) is 29.5 Å². The van der Waals surface area contributed by atoms with E-state index in [1.807, 2.05) is 11.6 Å². The zero-order valence-electron chi connectivity index (χ0n) is 10.6. The minimum atomic E-state index is 0.163. The SMILES string of the molecule is CN(Cc1cscn1)CC(N)Cc1ccccc1. The van der Waals surface area contributed by atoms with Crippen LogP contribution < -0.4 is 5.73 Å². The fourth-order valence-corrected chi connectivity index (χ4v) is 2.59. The van der Waals surface area contributed by atoms with E-state index in [0.29, 0.717) is 0 Å². The van der Waals surface area contributed by atoms with E-state index in [0.717, 1.165) is 25.2 Å². The first-order chi connectivity index (χ1) is 8.74. The third kappa shape index (κ3) is 4.22. The van der Waals surface area contributed by atoms with Gasteiger partial charge in [0.2, 0.25) is 0 Å². The molecule has 96 valence electrons. The van der Waals surface area contributed by atoms with Crippen molar-refractivity contribution in [3.63, 3.8) is 0 Å². The lowest BCUT2D eigenvalue weighted by Crippen LogP contribution is -2.36. The van der Waals surface area contributed by atoms with Crippen molar-refractivity contribution in [2.24, 2.45) is 5.73 Å². The topological polar surface area (TPSA) is 42.2 Å². The highest BCUT2D eigenvalue weighted by Crippen LogP contribution is 2.06. The summed E-state index contributed by atoms with van der Waals surface area (Å²) < 4.78 is 0. The summed E-state index contributed by atoms with van der Waals surface area (Å²) in [5, 5.41) is 2.08. The molecule has 0 aliphatic heterocycles. The first-order valence-corrected chi connectivity index (χ1v) is 7.03. The number of nitrogens with zero attached hydrogens (tertiary/aromatic N) is 2. The zero-order valence-corrected chi connectivity index (χ0v) is 11.4. The maximum absolute atomic E-state index is 6.18. The molecular weight excluding hydrogens is 242 g/mol. The Balaban J connectivity index is 1.78. The molecule has 0 amide bonds. The second-order valence-electron chi connectivity index (χ2n) is 4.63. The number of nitrogens with two attached hydrogens (primary N) is 1. The Morgan fingerprint density at radius 3 is 2.78 bits per heavy atom. The molecule has 0 aliphatic carbocycles. The van der Waals surface area contributed by atoms with Crippen LogP contribution in [0.5, 0.6) is 0 Å². The summed E-state index contributed by atoms with van der Waals surface area (Å²) in [7, 11) is 2.09. The highest BCUT2D eigenvalue weighted by Gasteiger charge is 2.08. The Kier molecular flexibility index (Phi) is 4.87. The molecule has 0 saturated carbocycles. The number of benzene rings is 1. The van der Waals surface area contributed by atoms with Crippen LogP contribution in [0.1, 0.15) is 11.3 Å². The maximum Gasteiger partial charge on any atom is 0.0795 e. The van der Waals surface area contributed by atoms with Gasteiger partial charge in [0, 0.05) is 24.5 Å². The summed E-state index contributed by atoms with van der Waals surface area (Å²) in [6.07, 6.45) is 0.919. The summed E-state index contributed by atoms with van der Waals surface area (Å²) in [6.45, 7) is 1.75. The highest BCUT2D eigenvalue weighted by molar-refractivity contribution is 7.07.